The summed E-state index contributed by atoms with van der Waals surface area (Å²) < 4.78 is 29.9. The van der Waals surface area contributed by atoms with E-state index in [2.05, 4.69) is 14.7 Å². The Bertz CT molecular complexity index is 389. The summed E-state index contributed by atoms with van der Waals surface area (Å²) in [6.45, 7) is 5.71. The van der Waals surface area contributed by atoms with Gasteiger partial charge in [0, 0.05) is 6.20 Å². The summed E-state index contributed by atoms with van der Waals surface area (Å²) in [5.74, 6) is -0.828. The number of carbonyl (C=O) groups excluding carboxylic acids is 1. The second-order valence-corrected chi connectivity index (χ2v) is 3.45. The van der Waals surface area contributed by atoms with Gasteiger partial charge in [0.2, 0.25) is 0 Å². The van der Waals surface area contributed by atoms with Gasteiger partial charge in [0.15, 0.2) is 5.16 Å². The molecule has 1 aromatic rings. The van der Waals surface area contributed by atoms with Crippen molar-refractivity contribution in [2.75, 3.05) is 12.9 Å². The van der Waals surface area contributed by atoms with Gasteiger partial charge in [0.25, 0.3) is 6.43 Å². The minimum Gasteiger partial charge on any atom is -0.462 e. The fraction of sp³-hybridized carbons (Fsp3) is 0.545. The number of thioether (sulfide) groups is 1. The number of nitrogens with zero attached hydrogens (tertiary/aromatic N) is 2. The molecular formula is C11H16F2N2O2S. The van der Waals surface area contributed by atoms with Crippen molar-refractivity contribution in [2.45, 2.75) is 32.4 Å². The van der Waals surface area contributed by atoms with Gasteiger partial charge in [-0.05, 0) is 13.2 Å². The molecule has 1 rings (SSSR count). The van der Waals surface area contributed by atoms with Crippen LogP contribution in [-0.2, 0) is 4.74 Å². The summed E-state index contributed by atoms with van der Waals surface area (Å²) in [6, 6.07) is 0. The maximum absolute atomic E-state index is 12.6. The molecule has 0 radical (unpaired) electrons. The normalized spacial score (nSPS) is 9.72. The molecule has 18 heavy (non-hydrogen) atoms. The molecule has 0 amide bonds. The summed E-state index contributed by atoms with van der Waals surface area (Å²) in [4.78, 5) is 18.7. The van der Waals surface area contributed by atoms with Crippen LogP contribution in [0, 0.1) is 0 Å². The lowest BCUT2D eigenvalue weighted by Gasteiger charge is -2.07. The minimum absolute atomic E-state index is 0.117. The number of esters is 1. The summed E-state index contributed by atoms with van der Waals surface area (Å²) in [7, 11) is 0. The standard InChI is InChI=1S/C9H10F2N2O2S.C2H6/c1-3-15-8(14)5-4-12-9(16-2)13-6(5)7(10)11;1-2/h4,7H,3H2,1-2H3;1-2H3. The Kier molecular flexibility index (Phi) is 8.19. The van der Waals surface area contributed by atoms with E-state index in [0.29, 0.717) is 0 Å². The number of aromatic nitrogens is 2. The Labute approximate surface area is 109 Å². The molecule has 0 unspecified atom stereocenters. The first-order valence-electron chi connectivity index (χ1n) is 5.46. The third-order valence-corrected chi connectivity index (χ3v) is 2.24. The first-order valence-corrected chi connectivity index (χ1v) is 6.68. The quantitative estimate of drug-likeness (QED) is 0.480. The van der Waals surface area contributed by atoms with Gasteiger partial charge >= 0.3 is 5.97 Å². The highest BCUT2D eigenvalue weighted by Crippen LogP contribution is 2.23. The van der Waals surface area contributed by atoms with E-state index >= 15 is 0 Å². The number of hydrogen-bond acceptors (Lipinski definition) is 5. The van der Waals surface area contributed by atoms with Gasteiger partial charge in [-0.1, -0.05) is 25.6 Å². The topological polar surface area (TPSA) is 52.1 Å². The molecule has 0 bridgehead atoms. The maximum atomic E-state index is 12.6. The molecule has 102 valence electrons. The molecule has 0 aliphatic heterocycles. The molecule has 7 heteroatoms. The summed E-state index contributed by atoms with van der Waals surface area (Å²) in [5.41, 5.74) is -0.868. The van der Waals surface area contributed by atoms with Gasteiger partial charge in [0.05, 0.1) is 6.61 Å². The van der Waals surface area contributed by atoms with Crippen LogP contribution < -0.4 is 0 Å². The highest BCUT2D eigenvalue weighted by Gasteiger charge is 2.22. The SMILES string of the molecule is CC.CCOC(=O)c1cnc(SC)nc1C(F)F. The van der Waals surface area contributed by atoms with Crippen molar-refractivity contribution in [3.05, 3.63) is 17.5 Å². The Morgan fingerprint density at radius 1 is 1.50 bits per heavy atom. The number of halogens is 2. The van der Waals surface area contributed by atoms with Crippen molar-refractivity contribution in [1.29, 1.82) is 0 Å². The van der Waals surface area contributed by atoms with Crippen molar-refractivity contribution in [1.82, 2.24) is 9.97 Å². The van der Waals surface area contributed by atoms with E-state index in [1.165, 1.54) is 0 Å². The van der Waals surface area contributed by atoms with Crippen LogP contribution in [-0.4, -0.2) is 28.8 Å². The van der Waals surface area contributed by atoms with Crippen molar-refractivity contribution >= 4 is 17.7 Å². The largest absolute Gasteiger partial charge is 0.462 e. The average molecular weight is 278 g/mol. The van der Waals surface area contributed by atoms with Crippen LogP contribution in [0.5, 0.6) is 0 Å². The monoisotopic (exact) mass is 278 g/mol. The highest BCUT2D eigenvalue weighted by atomic mass is 32.2. The lowest BCUT2D eigenvalue weighted by molar-refractivity contribution is 0.0512. The fourth-order valence-electron chi connectivity index (χ4n) is 1.01. The number of rotatable bonds is 4. The molecule has 1 heterocycles. The van der Waals surface area contributed by atoms with E-state index in [-0.39, 0.29) is 17.3 Å². The molecule has 0 spiro atoms. The Hall–Kier alpha value is -1.24. The number of alkyl halides is 2. The van der Waals surface area contributed by atoms with Gasteiger partial charge in [0.1, 0.15) is 11.3 Å². The Morgan fingerprint density at radius 2 is 2.11 bits per heavy atom. The zero-order valence-electron chi connectivity index (χ0n) is 10.7. The molecule has 0 saturated heterocycles. The average Bonchev–Trinajstić information content (AvgIpc) is 2.40. The van der Waals surface area contributed by atoms with Crippen LogP contribution in [0.3, 0.4) is 0 Å². The molecule has 0 atom stereocenters. The third-order valence-electron chi connectivity index (χ3n) is 1.68. The lowest BCUT2D eigenvalue weighted by atomic mass is 10.2. The van der Waals surface area contributed by atoms with Crippen LogP contribution in [0.25, 0.3) is 0 Å². The molecule has 1 aromatic heterocycles. The number of ether oxygens (including phenoxy) is 1. The van der Waals surface area contributed by atoms with E-state index in [1.54, 1.807) is 13.2 Å². The van der Waals surface area contributed by atoms with E-state index in [4.69, 9.17) is 0 Å². The maximum Gasteiger partial charge on any atom is 0.341 e. The number of hydrogen-bond donors (Lipinski definition) is 0. The van der Waals surface area contributed by atoms with E-state index in [0.717, 1.165) is 18.0 Å². The fourth-order valence-corrected chi connectivity index (χ4v) is 1.36. The molecule has 0 aromatic carbocycles. The number of carbonyl (C=O) groups is 1. The second kappa shape index (κ2) is 8.79. The van der Waals surface area contributed by atoms with Crippen LogP contribution in [0.1, 0.15) is 43.2 Å². The summed E-state index contributed by atoms with van der Waals surface area (Å²) >= 11 is 1.13. The third kappa shape index (κ3) is 4.56. The van der Waals surface area contributed by atoms with Gasteiger partial charge in [-0.25, -0.2) is 23.5 Å². The summed E-state index contributed by atoms with van der Waals surface area (Å²) in [6.07, 6.45) is -0.0965. The van der Waals surface area contributed by atoms with Crippen LogP contribution in [0.2, 0.25) is 0 Å². The zero-order chi connectivity index (χ0) is 14.1. The minimum atomic E-state index is -2.83. The molecule has 0 saturated carbocycles. The van der Waals surface area contributed by atoms with Crippen molar-refractivity contribution in [2.24, 2.45) is 0 Å². The van der Waals surface area contributed by atoms with Gasteiger partial charge in [-0.15, -0.1) is 0 Å². The Morgan fingerprint density at radius 3 is 2.56 bits per heavy atom. The smallest absolute Gasteiger partial charge is 0.341 e. The predicted molar refractivity (Wildman–Crippen MR) is 66.1 cm³/mol. The first kappa shape index (κ1) is 16.8. The predicted octanol–water partition coefficient (Wildman–Crippen LogP) is 3.34. The van der Waals surface area contributed by atoms with E-state index < -0.39 is 18.1 Å². The molecule has 0 aliphatic carbocycles. The van der Waals surface area contributed by atoms with Crippen LogP contribution in [0.4, 0.5) is 8.78 Å². The van der Waals surface area contributed by atoms with Gasteiger partial charge in [-0.2, -0.15) is 0 Å². The lowest BCUT2D eigenvalue weighted by Crippen LogP contribution is -2.11. The highest BCUT2D eigenvalue weighted by molar-refractivity contribution is 7.98. The van der Waals surface area contributed by atoms with Crippen LogP contribution in [0.15, 0.2) is 11.4 Å². The second-order valence-electron chi connectivity index (χ2n) is 2.68. The molecule has 0 aliphatic rings. The van der Waals surface area contributed by atoms with Crippen molar-refractivity contribution in [3.8, 4) is 0 Å². The van der Waals surface area contributed by atoms with Gasteiger partial charge in [-0.3, -0.25) is 0 Å². The van der Waals surface area contributed by atoms with E-state index in [1.807, 2.05) is 13.8 Å². The van der Waals surface area contributed by atoms with E-state index in [9.17, 15) is 13.6 Å². The molecule has 0 fully saturated rings. The van der Waals surface area contributed by atoms with Crippen LogP contribution >= 0.6 is 11.8 Å². The van der Waals surface area contributed by atoms with Crippen molar-refractivity contribution < 1.29 is 18.3 Å². The molecule has 0 N–H and O–H groups in total. The first-order chi connectivity index (χ1) is 8.60. The zero-order valence-corrected chi connectivity index (χ0v) is 11.6. The summed E-state index contributed by atoms with van der Waals surface area (Å²) in [5, 5.41) is 0.198. The molecule has 4 nitrogen and oxygen atoms in total. The molecular weight excluding hydrogens is 262 g/mol. The van der Waals surface area contributed by atoms with Gasteiger partial charge < -0.3 is 4.74 Å². The van der Waals surface area contributed by atoms with Crippen molar-refractivity contribution in [3.63, 3.8) is 0 Å². The Balaban J connectivity index is 0.00000137.